The highest BCUT2D eigenvalue weighted by Crippen LogP contribution is 2.20. The van der Waals surface area contributed by atoms with Gasteiger partial charge in [-0.3, -0.25) is 19.7 Å². The van der Waals surface area contributed by atoms with Crippen molar-refractivity contribution in [3.63, 3.8) is 0 Å². The highest BCUT2D eigenvalue weighted by atomic mass is 35.5. The van der Waals surface area contributed by atoms with Crippen molar-refractivity contribution in [2.75, 3.05) is 5.43 Å². The molecule has 0 aromatic carbocycles. The van der Waals surface area contributed by atoms with Crippen LogP contribution in [0.5, 0.6) is 0 Å². The molecule has 0 aliphatic heterocycles. The average Bonchev–Trinajstić information content (AvgIpc) is 3.12. The standard InChI is InChI=1S/C18H19ClN4O3/c1-10-7-11(2)23(16(24)8-10)21-18(25)15-6-5-14(26-15)9-22-13(4)17(19)12(3)20-22/h5-8H,9H2,1-4H3,(H,21,25). The summed E-state index contributed by atoms with van der Waals surface area (Å²) in [6.07, 6.45) is 0. The summed E-state index contributed by atoms with van der Waals surface area (Å²) in [4.78, 5) is 24.4. The highest BCUT2D eigenvalue weighted by molar-refractivity contribution is 6.31. The second-order valence-electron chi connectivity index (χ2n) is 6.20. The fourth-order valence-electron chi connectivity index (χ4n) is 2.73. The summed E-state index contributed by atoms with van der Waals surface area (Å²) < 4.78 is 8.51. The lowest BCUT2D eigenvalue weighted by Gasteiger charge is -2.10. The third kappa shape index (κ3) is 3.43. The van der Waals surface area contributed by atoms with Gasteiger partial charge in [0.15, 0.2) is 5.76 Å². The monoisotopic (exact) mass is 374 g/mol. The van der Waals surface area contributed by atoms with E-state index in [0.29, 0.717) is 23.0 Å². The predicted octanol–water partition coefficient (Wildman–Crippen LogP) is 2.96. The molecule has 0 aliphatic carbocycles. The molecule has 0 atom stereocenters. The molecule has 0 aliphatic rings. The van der Waals surface area contributed by atoms with Gasteiger partial charge in [-0.25, -0.2) is 4.68 Å². The first-order valence-corrected chi connectivity index (χ1v) is 8.44. The molecule has 0 bridgehead atoms. The molecule has 136 valence electrons. The number of pyridine rings is 1. The first-order valence-electron chi connectivity index (χ1n) is 8.06. The Kier molecular flexibility index (Phi) is 4.73. The summed E-state index contributed by atoms with van der Waals surface area (Å²) in [6, 6.07) is 6.52. The molecule has 0 fully saturated rings. The SMILES string of the molecule is Cc1cc(C)n(NC(=O)c2ccc(Cn3nc(C)c(Cl)c3C)o2)c(=O)c1. The number of halogens is 1. The minimum absolute atomic E-state index is 0.111. The summed E-state index contributed by atoms with van der Waals surface area (Å²) >= 11 is 6.14. The topological polar surface area (TPSA) is 82.1 Å². The fraction of sp³-hybridized carbons (Fsp3) is 0.278. The predicted molar refractivity (Wildman–Crippen MR) is 98.4 cm³/mol. The first kappa shape index (κ1) is 18.0. The van der Waals surface area contributed by atoms with Crippen LogP contribution < -0.4 is 11.0 Å². The lowest BCUT2D eigenvalue weighted by Crippen LogP contribution is -2.34. The Bertz CT molecular complexity index is 1050. The Labute approximate surface area is 155 Å². The van der Waals surface area contributed by atoms with Crippen LogP contribution in [0.3, 0.4) is 0 Å². The van der Waals surface area contributed by atoms with E-state index in [-0.39, 0.29) is 11.3 Å². The molecule has 1 amide bonds. The molecule has 0 saturated heterocycles. The van der Waals surface area contributed by atoms with E-state index in [1.807, 2.05) is 26.8 Å². The maximum atomic E-state index is 12.4. The molecule has 0 spiro atoms. The number of rotatable bonds is 4. The molecule has 3 rings (SSSR count). The van der Waals surface area contributed by atoms with Gasteiger partial charge in [0, 0.05) is 11.8 Å². The minimum Gasteiger partial charge on any atom is -0.454 e. The summed E-state index contributed by atoms with van der Waals surface area (Å²) in [5.41, 5.74) is 5.28. The average molecular weight is 375 g/mol. The Balaban J connectivity index is 1.78. The van der Waals surface area contributed by atoms with Crippen LogP contribution >= 0.6 is 11.6 Å². The molecule has 3 heterocycles. The van der Waals surface area contributed by atoms with Gasteiger partial charge >= 0.3 is 5.91 Å². The van der Waals surface area contributed by atoms with Crippen molar-refractivity contribution in [2.24, 2.45) is 0 Å². The second-order valence-corrected chi connectivity index (χ2v) is 6.58. The zero-order valence-electron chi connectivity index (χ0n) is 15.0. The molecule has 26 heavy (non-hydrogen) atoms. The number of aryl methyl sites for hydroxylation is 3. The summed E-state index contributed by atoms with van der Waals surface area (Å²) in [6.45, 7) is 7.62. The zero-order valence-corrected chi connectivity index (χ0v) is 15.7. The van der Waals surface area contributed by atoms with Gasteiger partial charge in [0.1, 0.15) is 5.76 Å². The molecular weight excluding hydrogens is 356 g/mol. The van der Waals surface area contributed by atoms with E-state index < -0.39 is 5.91 Å². The number of aromatic nitrogens is 3. The van der Waals surface area contributed by atoms with E-state index in [4.69, 9.17) is 16.0 Å². The highest BCUT2D eigenvalue weighted by Gasteiger charge is 2.15. The largest absolute Gasteiger partial charge is 0.454 e. The van der Waals surface area contributed by atoms with Crippen molar-refractivity contribution in [1.82, 2.24) is 14.5 Å². The number of amides is 1. The van der Waals surface area contributed by atoms with Gasteiger partial charge in [0.25, 0.3) is 5.56 Å². The zero-order chi connectivity index (χ0) is 19.0. The van der Waals surface area contributed by atoms with Crippen molar-refractivity contribution in [3.8, 4) is 0 Å². The van der Waals surface area contributed by atoms with Crippen LogP contribution in [0.25, 0.3) is 0 Å². The number of nitrogens with zero attached hydrogens (tertiary/aromatic N) is 3. The van der Waals surface area contributed by atoms with Gasteiger partial charge in [0.2, 0.25) is 0 Å². The Morgan fingerprint density at radius 2 is 1.96 bits per heavy atom. The molecule has 0 unspecified atom stereocenters. The quantitative estimate of drug-likeness (QED) is 0.761. The number of nitrogens with one attached hydrogen (secondary N) is 1. The number of furan rings is 1. The van der Waals surface area contributed by atoms with Gasteiger partial charge in [-0.15, -0.1) is 0 Å². The minimum atomic E-state index is -0.503. The second kappa shape index (κ2) is 6.84. The van der Waals surface area contributed by atoms with E-state index in [0.717, 1.165) is 17.0 Å². The lowest BCUT2D eigenvalue weighted by atomic mass is 10.2. The van der Waals surface area contributed by atoms with Crippen LogP contribution in [-0.2, 0) is 6.54 Å². The fourth-order valence-corrected chi connectivity index (χ4v) is 2.87. The van der Waals surface area contributed by atoms with E-state index in [2.05, 4.69) is 10.5 Å². The summed E-state index contributed by atoms with van der Waals surface area (Å²) in [5.74, 6) is 0.168. The van der Waals surface area contributed by atoms with Crippen LogP contribution in [-0.4, -0.2) is 20.4 Å². The number of carbonyl (C=O) groups excluding carboxylic acids is 1. The van der Waals surface area contributed by atoms with Gasteiger partial charge in [-0.1, -0.05) is 11.6 Å². The maximum absolute atomic E-state index is 12.4. The maximum Gasteiger partial charge on any atom is 0.305 e. The molecule has 8 heteroatoms. The molecule has 3 aromatic heterocycles. The number of hydrogen-bond donors (Lipinski definition) is 1. The van der Waals surface area contributed by atoms with E-state index in [1.165, 1.54) is 10.7 Å². The molecule has 7 nitrogen and oxygen atoms in total. The van der Waals surface area contributed by atoms with Crippen molar-refractivity contribution in [1.29, 1.82) is 0 Å². The van der Waals surface area contributed by atoms with Crippen LogP contribution in [0.15, 0.2) is 33.5 Å². The van der Waals surface area contributed by atoms with Crippen LogP contribution in [0.4, 0.5) is 0 Å². The smallest absolute Gasteiger partial charge is 0.305 e. The third-order valence-corrected chi connectivity index (χ3v) is 4.61. The normalized spacial score (nSPS) is 11.0. The number of hydrogen-bond acceptors (Lipinski definition) is 4. The molecule has 3 aromatic rings. The summed E-state index contributed by atoms with van der Waals surface area (Å²) in [5, 5.41) is 4.95. The van der Waals surface area contributed by atoms with E-state index in [1.54, 1.807) is 23.7 Å². The van der Waals surface area contributed by atoms with Crippen molar-refractivity contribution >= 4 is 17.5 Å². The van der Waals surface area contributed by atoms with Gasteiger partial charge in [-0.05, 0) is 51.5 Å². The molecule has 0 radical (unpaired) electrons. The number of carbonyl (C=O) groups is 1. The Morgan fingerprint density at radius 1 is 1.23 bits per heavy atom. The Hall–Kier alpha value is -2.80. The molecule has 1 N–H and O–H groups in total. The Morgan fingerprint density at radius 3 is 2.58 bits per heavy atom. The van der Waals surface area contributed by atoms with E-state index in [9.17, 15) is 9.59 Å². The molecular formula is C18H19ClN4O3. The van der Waals surface area contributed by atoms with Crippen molar-refractivity contribution < 1.29 is 9.21 Å². The van der Waals surface area contributed by atoms with Crippen molar-refractivity contribution in [2.45, 2.75) is 34.2 Å². The lowest BCUT2D eigenvalue weighted by molar-refractivity contribution is 0.0978. The van der Waals surface area contributed by atoms with Crippen LogP contribution in [0.1, 0.15) is 39.0 Å². The summed E-state index contributed by atoms with van der Waals surface area (Å²) in [7, 11) is 0. The first-order chi connectivity index (χ1) is 12.3. The van der Waals surface area contributed by atoms with Gasteiger partial charge in [-0.2, -0.15) is 5.10 Å². The van der Waals surface area contributed by atoms with E-state index >= 15 is 0 Å². The molecule has 0 saturated carbocycles. The van der Waals surface area contributed by atoms with Crippen LogP contribution in [0, 0.1) is 27.7 Å². The van der Waals surface area contributed by atoms with Crippen molar-refractivity contribution in [3.05, 3.63) is 73.8 Å². The van der Waals surface area contributed by atoms with Gasteiger partial charge < -0.3 is 4.42 Å². The third-order valence-electron chi connectivity index (χ3n) is 4.06. The van der Waals surface area contributed by atoms with Gasteiger partial charge in [0.05, 0.1) is 23.0 Å². The van der Waals surface area contributed by atoms with Crippen LogP contribution in [0.2, 0.25) is 5.02 Å².